The Hall–Kier alpha value is -1.86. The second-order valence-electron chi connectivity index (χ2n) is 10.4. The molecule has 204 valence electrons. The van der Waals surface area contributed by atoms with Crippen LogP contribution in [0, 0.1) is 17.2 Å². The Morgan fingerprint density at radius 2 is 1.67 bits per heavy atom. The average Bonchev–Trinajstić information content (AvgIpc) is 2.88. The van der Waals surface area contributed by atoms with E-state index in [2.05, 4.69) is 24.1 Å². The number of carbonyl (C=O) groups is 1. The first kappa shape index (κ1) is 28.7. The van der Waals surface area contributed by atoms with Crippen molar-refractivity contribution in [3.8, 4) is 5.75 Å². The molecule has 1 amide bonds. The Balaban J connectivity index is 1.64. The van der Waals surface area contributed by atoms with E-state index in [0.29, 0.717) is 30.2 Å². The molecule has 1 aromatic rings. The number of unbranched alkanes of at least 4 members (excludes halogenated alkanes) is 2. The molecule has 2 fully saturated rings. The van der Waals surface area contributed by atoms with E-state index in [1.165, 1.54) is 0 Å². The summed E-state index contributed by atoms with van der Waals surface area (Å²) in [7, 11) is 1.62. The number of benzene rings is 1. The molecule has 0 unspecified atom stereocenters. The summed E-state index contributed by atoms with van der Waals surface area (Å²) >= 11 is 0. The lowest BCUT2D eigenvalue weighted by molar-refractivity contribution is -0.154. The number of nitrogens with zero attached hydrogens (tertiary/aromatic N) is 1. The van der Waals surface area contributed by atoms with Crippen molar-refractivity contribution in [2.45, 2.75) is 97.8 Å². The van der Waals surface area contributed by atoms with Crippen LogP contribution in [0.2, 0.25) is 0 Å². The van der Waals surface area contributed by atoms with Gasteiger partial charge in [0, 0.05) is 44.4 Å². The fraction of sp³-hybridized carbons (Fsp3) is 0.759. The molecule has 6 nitrogen and oxygen atoms in total. The molecule has 2 heterocycles. The van der Waals surface area contributed by atoms with Crippen LogP contribution in [0.4, 0.5) is 10.1 Å². The quantitative estimate of drug-likeness (QED) is 0.170. The van der Waals surface area contributed by atoms with Crippen LogP contribution in [-0.4, -0.2) is 45.6 Å². The monoisotopic (exact) mass is 506 g/mol. The molecule has 1 N–H and O–H groups in total. The van der Waals surface area contributed by atoms with Crippen LogP contribution < -0.4 is 15.0 Å². The molecule has 2 aliphatic rings. The number of nitrogens with one attached hydrogen (secondary N) is 1. The van der Waals surface area contributed by atoms with E-state index >= 15 is 4.39 Å². The second-order valence-corrected chi connectivity index (χ2v) is 10.4. The number of rotatable bonds is 15. The van der Waals surface area contributed by atoms with Crippen LogP contribution in [0.15, 0.2) is 12.1 Å². The highest BCUT2D eigenvalue weighted by atomic mass is 19.1. The predicted molar refractivity (Wildman–Crippen MR) is 142 cm³/mol. The van der Waals surface area contributed by atoms with Gasteiger partial charge in [-0.2, -0.15) is 0 Å². The van der Waals surface area contributed by atoms with Gasteiger partial charge >= 0.3 is 0 Å². The van der Waals surface area contributed by atoms with Gasteiger partial charge in [-0.15, -0.1) is 0 Å². The third kappa shape index (κ3) is 6.34. The number of piperidine rings is 1. The maximum absolute atomic E-state index is 15.4. The smallest absolute Gasteiger partial charge is 0.229 e. The van der Waals surface area contributed by atoms with Crippen molar-refractivity contribution in [1.29, 1.82) is 0 Å². The second kappa shape index (κ2) is 13.6. The maximum atomic E-state index is 15.4. The lowest BCUT2D eigenvalue weighted by atomic mass is 9.66. The fourth-order valence-electron chi connectivity index (χ4n) is 5.61. The number of halogens is 1. The Kier molecular flexibility index (Phi) is 10.9. The maximum Gasteiger partial charge on any atom is 0.229 e. The number of carbonyl (C=O) groups excluding carboxylic acids is 1. The number of ether oxygens (including phenoxy) is 3. The molecule has 0 radical (unpaired) electrons. The van der Waals surface area contributed by atoms with Crippen molar-refractivity contribution in [3.63, 3.8) is 0 Å². The molecule has 1 aromatic carbocycles. The van der Waals surface area contributed by atoms with Gasteiger partial charge in [0.1, 0.15) is 11.6 Å². The van der Waals surface area contributed by atoms with Crippen molar-refractivity contribution in [1.82, 2.24) is 5.32 Å². The number of hydrogen-bond donors (Lipinski definition) is 1. The summed E-state index contributed by atoms with van der Waals surface area (Å²) in [5.41, 5.74) is 0.815. The van der Waals surface area contributed by atoms with E-state index in [0.717, 1.165) is 76.8 Å². The SMILES string of the molecule is CCCCOC(CC1CCN(c2cc(OC)c([C@@H]3NC(=O)C3(CC)CC)cc2F)CC1)OCCCC. The molecule has 2 aliphatic heterocycles. The molecule has 36 heavy (non-hydrogen) atoms. The molecule has 2 saturated heterocycles. The average molecular weight is 507 g/mol. The zero-order valence-electron chi connectivity index (χ0n) is 23.0. The Labute approximate surface area is 217 Å². The summed E-state index contributed by atoms with van der Waals surface area (Å²) in [6.07, 6.45) is 8.43. The first-order chi connectivity index (χ1) is 17.4. The van der Waals surface area contributed by atoms with Gasteiger partial charge in [0.05, 0.1) is 24.3 Å². The zero-order valence-corrected chi connectivity index (χ0v) is 23.0. The lowest BCUT2D eigenvalue weighted by Gasteiger charge is -2.48. The molecular weight excluding hydrogens is 459 g/mol. The van der Waals surface area contributed by atoms with Crippen LogP contribution in [0.25, 0.3) is 0 Å². The van der Waals surface area contributed by atoms with Gasteiger partial charge in [-0.1, -0.05) is 40.5 Å². The van der Waals surface area contributed by atoms with E-state index < -0.39 is 5.41 Å². The van der Waals surface area contributed by atoms with Gasteiger partial charge in [-0.05, 0) is 50.5 Å². The fourth-order valence-corrected chi connectivity index (χ4v) is 5.61. The van der Waals surface area contributed by atoms with Crippen molar-refractivity contribution in [2.75, 3.05) is 38.3 Å². The Bertz CT molecular complexity index is 827. The van der Waals surface area contributed by atoms with Crippen LogP contribution >= 0.6 is 0 Å². The van der Waals surface area contributed by atoms with Gasteiger partial charge < -0.3 is 24.4 Å². The van der Waals surface area contributed by atoms with Gasteiger partial charge in [-0.3, -0.25) is 4.79 Å². The van der Waals surface area contributed by atoms with E-state index in [1.54, 1.807) is 13.2 Å². The first-order valence-electron chi connectivity index (χ1n) is 14.1. The molecule has 3 rings (SSSR count). The summed E-state index contributed by atoms with van der Waals surface area (Å²) < 4.78 is 33.2. The summed E-state index contributed by atoms with van der Waals surface area (Å²) in [4.78, 5) is 14.5. The van der Waals surface area contributed by atoms with Gasteiger partial charge in [0.15, 0.2) is 6.29 Å². The highest BCUT2D eigenvalue weighted by molar-refractivity contribution is 5.91. The van der Waals surface area contributed by atoms with Crippen molar-refractivity contribution < 1.29 is 23.4 Å². The summed E-state index contributed by atoms with van der Waals surface area (Å²) in [6.45, 7) is 11.4. The van der Waals surface area contributed by atoms with E-state index in [4.69, 9.17) is 14.2 Å². The van der Waals surface area contributed by atoms with Gasteiger partial charge in [0.25, 0.3) is 0 Å². The number of amides is 1. The number of methoxy groups -OCH3 is 1. The summed E-state index contributed by atoms with van der Waals surface area (Å²) in [5.74, 6) is 0.925. The summed E-state index contributed by atoms with van der Waals surface area (Å²) in [6, 6.07) is 3.17. The van der Waals surface area contributed by atoms with E-state index in [1.807, 2.05) is 19.9 Å². The van der Waals surface area contributed by atoms with Crippen LogP contribution in [0.5, 0.6) is 5.75 Å². The van der Waals surface area contributed by atoms with Crippen LogP contribution in [0.3, 0.4) is 0 Å². The molecule has 0 bridgehead atoms. The van der Waals surface area contributed by atoms with Gasteiger partial charge in [0.2, 0.25) is 5.91 Å². The Morgan fingerprint density at radius 1 is 1.06 bits per heavy atom. The Morgan fingerprint density at radius 3 is 2.17 bits per heavy atom. The minimum Gasteiger partial charge on any atom is -0.496 e. The first-order valence-corrected chi connectivity index (χ1v) is 14.1. The largest absolute Gasteiger partial charge is 0.496 e. The highest BCUT2D eigenvalue weighted by Gasteiger charge is 2.53. The molecule has 0 aromatic heterocycles. The van der Waals surface area contributed by atoms with E-state index in [9.17, 15) is 4.79 Å². The van der Waals surface area contributed by atoms with Crippen molar-refractivity contribution in [2.24, 2.45) is 11.3 Å². The number of β-lactam (4-membered cyclic amide) rings is 1. The topological polar surface area (TPSA) is 60.0 Å². The third-order valence-corrected chi connectivity index (χ3v) is 8.24. The normalized spacial score (nSPS) is 19.9. The predicted octanol–water partition coefficient (Wildman–Crippen LogP) is 6.38. The van der Waals surface area contributed by atoms with Crippen molar-refractivity contribution in [3.05, 3.63) is 23.5 Å². The number of anilines is 1. The zero-order chi connectivity index (χ0) is 26.1. The molecule has 0 saturated carbocycles. The van der Waals surface area contributed by atoms with Crippen LogP contribution in [-0.2, 0) is 14.3 Å². The summed E-state index contributed by atoms with van der Waals surface area (Å²) in [5, 5.41) is 2.99. The molecule has 7 heteroatoms. The minimum absolute atomic E-state index is 0.0433. The van der Waals surface area contributed by atoms with E-state index in [-0.39, 0.29) is 24.1 Å². The van der Waals surface area contributed by atoms with Crippen LogP contribution in [0.1, 0.15) is 97.1 Å². The highest BCUT2D eigenvalue weighted by Crippen LogP contribution is 2.50. The minimum atomic E-state index is -0.492. The van der Waals surface area contributed by atoms with Crippen molar-refractivity contribution >= 4 is 11.6 Å². The van der Waals surface area contributed by atoms with Gasteiger partial charge in [-0.25, -0.2) is 4.39 Å². The molecular formula is C29H47FN2O4. The standard InChI is InChI=1S/C29H47FN2O4/c1-6-10-16-35-26(36-17-11-7-2)18-21-12-14-32(15-13-21)24-20-25(34-5)22(19-23(24)30)27-29(8-3,9-4)28(33)31-27/h19-21,26-27H,6-18H2,1-5H3,(H,31,33)/t27-/m0/s1. The lowest BCUT2D eigenvalue weighted by Crippen LogP contribution is -2.60. The third-order valence-electron chi connectivity index (χ3n) is 8.24. The molecule has 0 spiro atoms. The molecule has 1 atom stereocenters. The number of hydrogen-bond acceptors (Lipinski definition) is 5. The molecule has 0 aliphatic carbocycles.